The molecule has 0 amide bonds. The molecule has 0 saturated carbocycles. The van der Waals surface area contributed by atoms with Crippen LogP contribution < -0.4 is 4.74 Å². The van der Waals surface area contributed by atoms with E-state index in [1.807, 2.05) is 133 Å². The molecule has 0 bridgehead atoms. The molecule has 1 heterocycles. The standard InChI is InChI=1S/C13H12O.C12H8O.C12H10O.C12H10/c1-14-13-10-6-5-9-12(13)11-7-3-2-4-8-11;1-3-7-11-9(5-1)10-6-2-4-8-12(10)13-11;13-12-9-5-4-8-11(12)10-6-2-1-3-7-10;1-3-7-11(8-4-1)12-9-5-2-6-10-12/h2-10H,1H3;1-8H;1-9,13H;1-10H. The van der Waals surface area contributed by atoms with Crippen LogP contribution in [0.15, 0.2) is 223 Å². The lowest BCUT2D eigenvalue weighted by molar-refractivity contribution is 0.416. The van der Waals surface area contributed by atoms with Gasteiger partial charge in [0.05, 0.1) is 7.11 Å². The molecule has 0 saturated heterocycles. The zero-order valence-corrected chi connectivity index (χ0v) is 29.0. The van der Waals surface area contributed by atoms with Crippen LogP contribution in [0.3, 0.4) is 0 Å². The highest BCUT2D eigenvalue weighted by Gasteiger charge is 2.04. The summed E-state index contributed by atoms with van der Waals surface area (Å²) in [6, 6.07) is 72.4. The zero-order valence-electron chi connectivity index (χ0n) is 29.0. The average Bonchev–Trinajstić information content (AvgIpc) is 3.62. The second-order valence-corrected chi connectivity index (χ2v) is 11.8. The molecule has 1 aromatic heterocycles. The molecule has 0 atom stereocenters. The van der Waals surface area contributed by atoms with Crippen LogP contribution in [0.2, 0.25) is 0 Å². The zero-order chi connectivity index (χ0) is 35.8. The average molecular weight is 677 g/mol. The largest absolute Gasteiger partial charge is 0.507 e. The number of hydrogen-bond acceptors (Lipinski definition) is 3. The highest BCUT2D eigenvalue weighted by molar-refractivity contribution is 6.04. The van der Waals surface area contributed by atoms with Gasteiger partial charge < -0.3 is 14.3 Å². The molecule has 0 spiro atoms. The number of benzene rings is 8. The summed E-state index contributed by atoms with van der Waals surface area (Å²) < 4.78 is 11.0. The van der Waals surface area contributed by atoms with Crippen LogP contribution in [-0.2, 0) is 0 Å². The van der Waals surface area contributed by atoms with Crippen molar-refractivity contribution in [1.29, 1.82) is 0 Å². The van der Waals surface area contributed by atoms with Gasteiger partial charge in [-0.25, -0.2) is 0 Å². The molecule has 0 aliphatic heterocycles. The van der Waals surface area contributed by atoms with Gasteiger partial charge in [0.1, 0.15) is 22.7 Å². The Morgan fingerprint density at radius 2 is 0.692 bits per heavy atom. The van der Waals surface area contributed by atoms with E-state index in [4.69, 9.17) is 9.15 Å². The van der Waals surface area contributed by atoms with Crippen molar-refractivity contribution < 1.29 is 14.3 Å². The van der Waals surface area contributed by atoms with Crippen molar-refractivity contribution in [3.05, 3.63) is 218 Å². The maximum absolute atomic E-state index is 9.56. The third kappa shape index (κ3) is 9.23. The lowest BCUT2D eigenvalue weighted by Gasteiger charge is -2.07. The topological polar surface area (TPSA) is 42.6 Å². The maximum atomic E-state index is 9.56. The van der Waals surface area contributed by atoms with Gasteiger partial charge in [0.25, 0.3) is 0 Å². The quantitative estimate of drug-likeness (QED) is 0.202. The first kappa shape index (κ1) is 35.0. The minimum atomic E-state index is 0.328. The molecule has 254 valence electrons. The van der Waals surface area contributed by atoms with Crippen LogP contribution in [0.4, 0.5) is 0 Å². The first-order valence-corrected chi connectivity index (χ1v) is 17.2. The SMILES string of the molecule is COc1ccccc1-c1ccccc1.Oc1ccccc1-c1ccccc1.c1ccc(-c2ccccc2)cc1.c1ccc2c(c1)oc1ccccc12. The summed E-state index contributed by atoms with van der Waals surface area (Å²) in [6.45, 7) is 0. The van der Waals surface area contributed by atoms with Crippen molar-refractivity contribution in [3.63, 3.8) is 0 Å². The molecule has 8 aromatic carbocycles. The van der Waals surface area contributed by atoms with E-state index in [9.17, 15) is 5.11 Å². The third-order valence-corrected chi connectivity index (χ3v) is 8.35. The fourth-order valence-electron chi connectivity index (χ4n) is 5.77. The van der Waals surface area contributed by atoms with E-state index in [0.717, 1.165) is 33.6 Å². The molecule has 0 aliphatic carbocycles. The molecule has 3 heteroatoms. The number of aromatic hydroxyl groups is 1. The molecule has 0 radical (unpaired) electrons. The van der Waals surface area contributed by atoms with Gasteiger partial charge in [0.2, 0.25) is 0 Å². The van der Waals surface area contributed by atoms with Crippen LogP contribution in [0, 0.1) is 0 Å². The molecular weight excluding hydrogens is 637 g/mol. The van der Waals surface area contributed by atoms with E-state index in [1.54, 1.807) is 13.2 Å². The van der Waals surface area contributed by atoms with Crippen molar-refractivity contribution >= 4 is 21.9 Å². The van der Waals surface area contributed by atoms with Gasteiger partial charge >= 0.3 is 0 Å². The number of para-hydroxylation sites is 4. The molecule has 0 unspecified atom stereocenters. The lowest BCUT2D eigenvalue weighted by Crippen LogP contribution is -1.86. The third-order valence-electron chi connectivity index (χ3n) is 8.35. The Bertz CT molecular complexity index is 2300. The fourth-order valence-corrected chi connectivity index (χ4v) is 5.77. The summed E-state index contributed by atoms with van der Waals surface area (Å²) in [5.74, 6) is 1.24. The van der Waals surface area contributed by atoms with Crippen molar-refractivity contribution in [2.75, 3.05) is 7.11 Å². The van der Waals surface area contributed by atoms with Crippen LogP contribution in [0.5, 0.6) is 11.5 Å². The predicted octanol–water partition coefficient (Wildman–Crippen LogP) is 13.4. The van der Waals surface area contributed by atoms with Crippen LogP contribution in [-0.4, -0.2) is 12.2 Å². The Morgan fingerprint density at radius 1 is 0.346 bits per heavy atom. The van der Waals surface area contributed by atoms with Crippen molar-refractivity contribution in [3.8, 4) is 44.9 Å². The second-order valence-electron chi connectivity index (χ2n) is 11.8. The number of furan rings is 1. The van der Waals surface area contributed by atoms with E-state index in [-0.39, 0.29) is 0 Å². The molecule has 0 fully saturated rings. The number of ether oxygens (including phenoxy) is 1. The minimum absolute atomic E-state index is 0.328. The van der Waals surface area contributed by atoms with Gasteiger partial charge in [0, 0.05) is 21.9 Å². The Balaban J connectivity index is 0.000000119. The van der Waals surface area contributed by atoms with Crippen molar-refractivity contribution in [2.24, 2.45) is 0 Å². The summed E-state index contributed by atoms with van der Waals surface area (Å²) in [5.41, 5.74) is 8.72. The highest BCUT2D eigenvalue weighted by Crippen LogP contribution is 2.30. The summed E-state index contributed by atoms with van der Waals surface area (Å²) in [4.78, 5) is 0. The van der Waals surface area contributed by atoms with Crippen molar-refractivity contribution in [1.82, 2.24) is 0 Å². The van der Waals surface area contributed by atoms with Gasteiger partial charge in [-0.05, 0) is 46.5 Å². The van der Waals surface area contributed by atoms with Crippen LogP contribution in [0.25, 0.3) is 55.3 Å². The summed E-state index contributed by atoms with van der Waals surface area (Å²) in [6.07, 6.45) is 0. The van der Waals surface area contributed by atoms with E-state index in [0.29, 0.717) is 5.75 Å². The molecule has 3 nitrogen and oxygen atoms in total. The number of phenols is 1. The molecule has 9 aromatic rings. The van der Waals surface area contributed by atoms with Crippen LogP contribution >= 0.6 is 0 Å². The highest BCUT2D eigenvalue weighted by atomic mass is 16.5. The fraction of sp³-hybridized carbons (Fsp3) is 0.0204. The first-order chi connectivity index (χ1) is 25.7. The van der Waals surface area contributed by atoms with Gasteiger partial charge in [-0.1, -0.05) is 194 Å². The molecule has 1 N–H and O–H groups in total. The minimum Gasteiger partial charge on any atom is -0.507 e. The van der Waals surface area contributed by atoms with E-state index >= 15 is 0 Å². The smallest absolute Gasteiger partial charge is 0.135 e. The number of phenolic OH excluding ortho intramolecular Hbond substituents is 1. The Hall–Kier alpha value is -6.84. The number of fused-ring (bicyclic) bond motifs is 3. The Labute approximate surface area is 305 Å². The predicted molar refractivity (Wildman–Crippen MR) is 218 cm³/mol. The van der Waals surface area contributed by atoms with Gasteiger partial charge in [-0.2, -0.15) is 0 Å². The number of hydrogen-bond donors (Lipinski definition) is 1. The van der Waals surface area contributed by atoms with Gasteiger partial charge in [0.15, 0.2) is 0 Å². The molecular formula is C49H40O3. The Morgan fingerprint density at radius 3 is 1.15 bits per heavy atom. The summed E-state index contributed by atoms with van der Waals surface area (Å²) in [7, 11) is 1.70. The first-order valence-electron chi connectivity index (χ1n) is 17.2. The van der Waals surface area contributed by atoms with Crippen LogP contribution in [0.1, 0.15) is 0 Å². The summed E-state index contributed by atoms with van der Waals surface area (Å²) in [5, 5.41) is 11.9. The van der Waals surface area contributed by atoms with E-state index in [2.05, 4.69) is 78.9 Å². The maximum Gasteiger partial charge on any atom is 0.135 e. The normalized spacial score (nSPS) is 10.1. The van der Waals surface area contributed by atoms with Crippen molar-refractivity contribution in [2.45, 2.75) is 0 Å². The van der Waals surface area contributed by atoms with Gasteiger partial charge in [-0.15, -0.1) is 0 Å². The van der Waals surface area contributed by atoms with E-state index < -0.39 is 0 Å². The van der Waals surface area contributed by atoms with Gasteiger partial charge in [-0.3, -0.25) is 0 Å². The van der Waals surface area contributed by atoms with E-state index in [1.165, 1.54) is 27.5 Å². The molecule has 0 aliphatic rings. The summed E-state index contributed by atoms with van der Waals surface area (Å²) >= 11 is 0. The lowest BCUT2D eigenvalue weighted by atomic mass is 10.1. The number of methoxy groups -OCH3 is 1. The molecule has 52 heavy (non-hydrogen) atoms. The molecule has 9 rings (SSSR count). The monoisotopic (exact) mass is 676 g/mol. The Kier molecular flexibility index (Phi) is 12.3. The second kappa shape index (κ2) is 18.2. The number of rotatable bonds is 4.